The van der Waals surface area contributed by atoms with Crippen molar-refractivity contribution in [2.45, 2.75) is 57.3 Å². The molecular formula is C32H39N5O8. The van der Waals surface area contributed by atoms with Crippen molar-refractivity contribution in [1.82, 2.24) is 10.2 Å². The summed E-state index contributed by atoms with van der Waals surface area (Å²) in [5.41, 5.74) is 3.03. The number of benzene rings is 1. The fraction of sp³-hybridized carbons (Fsp3) is 0.469. The van der Waals surface area contributed by atoms with Gasteiger partial charge >= 0.3 is 0 Å². The number of nitrogens with zero attached hydrogens (tertiary/aromatic N) is 3. The molecule has 6 N–H and O–H groups in total. The molecule has 13 heteroatoms. The number of nitrogens with one attached hydrogen (secondary N) is 1. The number of furan rings is 1. The van der Waals surface area contributed by atoms with Crippen LogP contribution in [0.25, 0.3) is 17.1 Å². The number of likely N-dealkylation sites (N-methyl/N-ethyl adjacent to an activating group) is 1. The summed E-state index contributed by atoms with van der Waals surface area (Å²) in [7, 11) is 6.70. The van der Waals surface area contributed by atoms with Crippen molar-refractivity contribution < 1.29 is 34.1 Å². The standard InChI is InChI=1S/C32H39N5O8/c1-31(2,3)34-13-15-8-9-20(45-15)17-12-19(36(4)5)16-10-14-11-18-24(37(6)7)27(40)23(30(33)43)29(42)32(18,35-44)28(41)21(14)26(39)22(16)25(17)38/h8-9,12,14,18,24,34,38-39,42H,10-11,13H2,1-7H3,(H2,33,43)/t14-,18-,24?,32-/m0/s1. The van der Waals surface area contributed by atoms with Crippen molar-refractivity contribution in [2.75, 3.05) is 33.1 Å². The van der Waals surface area contributed by atoms with E-state index in [9.17, 15) is 34.6 Å². The molecule has 4 atom stereocenters. The second-order valence-electron chi connectivity index (χ2n) is 13.5. The molecule has 13 nitrogen and oxygen atoms in total. The number of aliphatic hydroxyl groups excluding tert-OH is 2. The Labute approximate surface area is 260 Å². The van der Waals surface area contributed by atoms with E-state index in [4.69, 9.17) is 10.2 Å². The molecule has 0 bridgehead atoms. The topological polar surface area (TPSA) is 199 Å². The van der Waals surface area contributed by atoms with E-state index in [0.717, 1.165) is 0 Å². The van der Waals surface area contributed by atoms with Crippen LogP contribution in [0.2, 0.25) is 0 Å². The zero-order chi connectivity index (χ0) is 33.3. The lowest BCUT2D eigenvalue weighted by molar-refractivity contribution is -0.134. The number of aliphatic hydroxyl groups is 2. The third-order valence-corrected chi connectivity index (χ3v) is 9.04. The van der Waals surface area contributed by atoms with E-state index in [1.165, 1.54) is 4.90 Å². The number of phenols is 1. The molecule has 1 aromatic carbocycles. The van der Waals surface area contributed by atoms with Gasteiger partial charge in [0, 0.05) is 36.8 Å². The lowest BCUT2D eigenvalue weighted by atomic mass is 9.56. The molecule has 1 fully saturated rings. The summed E-state index contributed by atoms with van der Waals surface area (Å²) < 4.78 is 6.05. The van der Waals surface area contributed by atoms with Crippen LogP contribution in [-0.2, 0) is 27.3 Å². The van der Waals surface area contributed by atoms with Gasteiger partial charge < -0.3 is 35.7 Å². The summed E-state index contributed by atoms with van der Waals surface area (Å²) >= 11 is 0. The molecule has 5 rings (SSSR count). The van der Waals surface area contributed by atoms with Gasteiger partial charge in [0.1, 0.15) is 34.4 Å². The Morgan fingerprint density at radius 3 is 2.38 bits per heavy atom. The van der Waals surface area contributed by atoms with Gasteiger partial charge in [-0.2, -0.15) is 0 Å². The zero-order valence-corrected chi connectivity index (χ0v) is 26.4. The van der Waals surface area contributed by atoms with Gasteiger partial charge in [-0.25, -0.2) is 0 Å². The van der Waals surface area contributed by atoms with Crippen molar-refractivity contribution in [2.24, 2.45) is 22.7 Å². The first-order chi connectivity index (χ1) is 21.0. The minimum absolute atomic E-state index is 0.0152. The molecule has 0 radical (unpaired) electrons. The average molecular weight is 622 g/mol. The van der Waals surface area contributed by atoms with E-state index in [2.05, 4.69) is 10.5 Å². The monoisotopic (exact) mass is 621 g/mol. The SMILES string of the molecule is CN(C)c1cc(-c2ccc(CNC(C)(C)C)o2)c(O)c2c1C[C@H]1C[C@H]3C(N(C)C)C(=O)C(C(N)=O)=C(O)[C@@]3(N=O)C(=O)C1=C2O. The third kappa shape index (κ3) is 4.81. The van der Waals surface area contributed by atoms with Gasteiger partial charge in [0.05, 0.1) is 23.7 Å². The highest BCUT2D eigenvalue weighted by molar-refractivity contribution is 6.25. The van der Waals surface area contributed by atoms with Crippen molar-refractivity contribution in [3.05, 3.63) is 56.9 Å². The van der Waals surface area contributed by atoms with Crippen LogP contribution in [0.3, 0.4) is 0 Å². The first-order valence-corrected chi connectivity index (χ1v) is 14.6. The minimum atomic E-state index is -2.59. The number of ketones is 2. The quantitative estimate of drug-likeness (QED) is 0.225. The Kier molecular flexibility index (Phi) is 7.69. The first-order valence-electron chi connectivity index (χ1n) is 14.6. The Morgan fingerprint density at radius 1 is 1.16 bits per heavy atom. The molecule has 2 aromatic rings. The number of fused-ring (bicyclic) bond motifs is 3. The number of carbonyl (C=O) groups is 3. The number of aromatic hydroxyl groups is 1. The summed E-state index contributed by atoms with van der Waals surface area (Å²) in [6.45, 7) is 6.50. The number of rotatable bonds is 7. The van der Waals surface area contributed by atoms with Crippen molar-refractivity contribution in [3.8, 4) is 17.1 Å². The van der Waals surface area contributed by atoms with Crippen LogP contribution < -0.4 is 16.0 Å². The predicted octanol–water partition coefficient (Wildman–Crippen LogP) is 2.95. The van der Waals surface area contributed by atoms with E-state index < -0.39 is 58.0 Å². The van der Waals surface area contributed by atoms with E-state index in [1.807, 2.05) is 25.7 Å². The fourth-order valence-corrected chi connectivity index (χ4v) is 7.00. The Balaban J connectivity index is 1.71. The lowest BCUT2D eigenvalue weighted by Gasteiger charge is -2.49. The summed E-state index contributed by atoms with van der Waals surface area (Å²) in [5.74, 6) is -6.13. The van der Waals surface area contributed by atoms with Crippen LogP contribution in [0.5, 0.6) is 5.75 Å². The number of Topliss-reactive ketones (excluding diaryl/α,β-unsaturated/α-hetero) is 2. The number of hydrogen-bond donors (Lipinski definition) is 5. The van der Waals surface area contributed by atoms with Crippen LogP contribution >= 0.6 is 0 Å². The van der Waals surface area contributed by atoms with Crippen LogP contribution in [-0.4, -0.2) is 83.0 Å². The van der Waals surface area contributed by atoms with Gasteiger partial charge in [-0.05, 0) is 82.6 Å². The normalized spacial score (nSPS) is 24.8. The smallest absolute Gasteiger partial charge is 0.255 e. The summed E-state index contributed by atoms with van der Waals surface area (Å²) in [5, 5.41) is 41.0. The van der Waals surface area contributed by atoms with Crippen molar-refractivity contribution >= 4 is 28.9 Å². The molecule has 1 heterocycles. The number of anilines is 1. The number of primary amides is 1. The van der Waals surface area contributed by atoms with Crippen molar-refractivity contribution in [1.29, 1.82) is 0 Å². The maximum Gasteiger partial charge on any atom is 0.255 e. The molecule has 0 spiro atoms. The second kappa shape index (κ2) is 10.8. The first kappa shape index (κ1) is 31.9. The number of nitrogens with two attached hydrogens (primary N) is 1. The summed E-state index contributed by atoms with van der Waals surface area (Å²) in [4.78, 5) is 56.0. The number of nitroso groups, excluding NO2 is 1. The number of amides is 1. The van der Waals surface area contributed by atoms with Crippen LogP contribution in [0, 0.1) is 16.7 Å². The largest absolute Gasteiger partial charge is 0.508 e. The van der Waals surface area contributed by atoms with Gasteiger partial charge in [0.2, 0.25) is 11.3 Å². The molecule has 45 heavy (non-hydrogen) atoms. The van der Waals surface area contributed by atoms with Gasteiger partial charge in [0.15, 0.2) is 5.78 Å². The Hall–Kier alpha value is -4.49. The van der Waals surface area contributed by atoms with Gasteiger partial charge in [0.25, 0.3) is 5.91 Å². The second-order valence-corrected chi connectivity index (χ2v) is 13.5. The van der Waals surface area contributed by atoms with Crippen LogP contribution in [0.4, 0.5) is 5.69 Å². The fourth-order valence-electron chi connectivity index (χ4n) is 7.00. The Morgan fingerprint density at radius 2 is 1.82 bits per heavy atom. The molecule has 0 saturated heterocycles. The van der Waals surface area contributed by atoms with Crippen LogP contribution in [0.15, 0.2) is 44.7 Å². The number of hydrogen-bond acceptors (Lipinski definition) is 12. The van der Waals surface area contributed by atoms with E-state index in [0.29, 0.717) is 29.3 Å². The number of phenolic OH excluding ortho intramolecular Hbond substituents is 1. The molecule has 0 aliphatic heterocycles. The summed E-state index contributed by atoms with van der Waals surface area (Å²) in [6.07, 6.45) is 0.145. The van der Waals surface area contributed by atoms with E-state index in [-0.39, 0.29) is 40.8 Å². The number of carbonyl (C=O) groups excluding carboxylic acids is 3. The highest BCUT2D eigenvalue weighted by Crippen LogP contribution is 2.56. The molecular weight excluding hydrogens is 582 g/mol. The van der Waals surface area contributed by atoms with Gasteiger partial charge in [-0.3, -0.25) is 19.3 Å². The zero-order valence-electron chi connectivity index (χ0n) is 26.4. The minimum Gasteiger partial charge on any atom is -0.508 e. The Bertz CT molecular complexity index is 1700. The highest BCUT2D eigenvalue weighted by atomic mass is 16.3. The molecule has 1 saturated carbocycles. The molecule has 1 aromatic heterocycles. The van der Waals surface area contributed by atoms with E-state index >= 15 is 0 Å². The third-order valence-electron chi connectivity index (χ3n) is 9.04. The molecule has 240 valence electrons. The highest BCUT2D eigenvalue weighted by Gasteiger charge is 2.66. The lowest BCUT2D eigenvalue weighted by Crippen LogP contribution is -2.64. The molecule has 1 amide bonds. The predicted molar refractivity (Wildman–Crippen MR) is 166 cm³/mol. The maximum absolute atomic E-state index is 14.4. The average Bonchev–Trinajstić information content (AvgIpc) is 3.40. The molecule has 1 unspecified atom stereocenters. The van der Waals surface area contributed by atoms with Crippen LogP contribution in [0.1, 0.15) is 44.1 Å². The van der Waals surface area contributed by atoms with Crippen molar-refractivity contribution in [3.63, 3.8) is 0 Å². The maximum atomic E-state index is 14.4. The van der Waals surface area contributed by atoms with Gasteiger partial charge in [-0.1, -0.05) is 0 Å². The van der Waals surface area contributed by atoms with E-state index in [1.54, 1.807) is 46.4 Å². The molecule has 3 aliphatic rings. The van der Waals surface area contributed by atoms with Gasteiger partial charge in [-0.15, -0.1) is 4.91 Å². The molecule has 3 aliphatic carbocycles. The summed E-state index contributed by atoms with van der Waals surface area (Å²) in [6, 6.07) is 4.04.